The Morgan fingerprint density at radius 1 is 0.524 bits per heavy atom. The number of benzene rings is 6. The summed E-state index contributed by atoms with van der Waals surface area (Å²) in [5, 5.41) is 40.8. The number of non-ortho nitro benzene ring substituents is 2. The van der Waals surface area contributed by atoms with Crippen LogP contribution in [0.2, 0.25) is 0 Å². The molecule has 6 aromatic carbocycles. The van der Waals surface area contributed by atoms with Crippen LogP contribution in [0.4, 0.5) is 17.1 Å². The number of carbonyl (C=O) groups is 1. The highest BCUT2D eigenvalue weighted by molar-refractivity contribution is 6.23. The molecular formula is C32H19N3O7. The molecule has 0 saturated heterocycles. The lowest BCUT2D eigenvalue weighted by Gasteiger charge is -2.07. The van der Waals surface area contributed by atoms with Crippen molar-refractivity contribution in [3.8, 4) is 11.1 Å². The molecule has 0 radical (unpaired) electrons. The Bertz CT molecular complexity index is 2170. The Labute approximate surface area is 236 Å². The Balaban J connectivity index is 0.000000153. The van der Waals surface area contributed by atoms with Crippen molar-refractivity contribution in [2.45, 2.75) is 6.92 Å². The van der Waals surface area contributed by atoms with Gasteiger partial charge in [0.1, 0.15) is 0 Å². The topological polar surface area (TPSA) is 146 Å². The summed E-state index contributed by atoms with van der Waals surface area (Å²) in [5.74, 6) is -0.717. The van der Waals surface area contributed by atoms with E-state index in [0.29, 0.717) is 0 Å². The lowest BCUT2D eigenvalue weighted by Crippen LogP contribution is -2.00. The van der Waals surface area contributed by atoms with Crippen LogP contribution in [0.25, 0.3) is 43.4 Å². The molecule has 0 amide bonds. The summed E-state index contributed by atoms with van der Waals surface area (Å²) in [7, 11) is 0. The highest BCUT2D eigenvalue weighted by Crippen LogP contribution is 2.45. The molecule has 0 atom stereocenters. The SMILES string of the molecule is Cc1ccc2c(ccc3cc4ccccc4cc32)c1.O=C1c2cc([N+](=O)[O-])ccc2-c2c1cc([N+](=O)[O-])cc2[N+](=O)[O-]. The van der Waals surface area contributed by atoms with Gasteiger partial charge in [-0.3, -0.25) is 35.1 Å². The van der Waals surface area contributed by atoms with Gasteiger partial charge in [-0.25, -0.2) is 0 Å². The van der Waals surface area contributed by atoms with Gasteiger partial charge in [0.05, 0.1) is 26.4 Å². The van der Waals surface area contributed by atoms with Crippen LogP contribution >= 0.6 is 0 Å². The van der Waals surface area contributed by atoms with Crippen LogP contribution in [-0.4, -0.2) is 20.6 Å². The number of hydrogen-bond acceptors (Lipinski definition) is 7. The number of fused-ring (bicyclic) bond motifs is 7. The van der Waals surface area contributed by atoms with Crippen LogP contribution in [0.5, 0.6) is 0 Å². The lowest BCUT2D eigenvalue weighted by atomic mass is 9.97. The van der Waals surface area contributed by atoms with Crippen molar-refractivity contribution in [1.29, 1.82) is 0 Å². The average Bonchev–Trinajstić information content (AvgIpc) is 3.26. The predicted octanol–water partition coefficient (Wildman–Crippen LogP) is 8.08. The highest BCUT2D eigenvalue weighted by Gasteiger charge is 2.36. The van der Waals surface area contributed by atoms with Crippen molar-refractivity contribution < 1.29 is 19.6 Å². The minimum atomic E-state index is -0.841. The van der Waals surface area contributed by atoms with E-state index in [0.717, 1.165) is 24.3 Å². The zero-order chi connectivity index (χ0) is 29.7. The minimum absolute atomic E-state index is 0.0597. The number of aryl methyl sites for hydroxylation is 1. The second-order valence-electron chi connectivity index (χ2n) is 9.93. The number of rotatable bonds is 3. The van der Waals surface area contributed by atoms with Crippen LogP contribution in [-0.2, 0) is 0 Å². The van der Waals surface area contributed by atoms with Crippen LogP contribution < -0.4 is 0 Å². The van der Waals surface area contributed by atoms with E-state index in [1.54, 1.807) is 0 Å². The van der Waals surface area contributed by atoms with E-state index in [1.807, 2.05) is 0 Å². The maximum atomic E-state index is 12.3. The highest BCUT2D eigenvalue weighted by atomic mass is 16.6. The van der Waals surface area contributed by atoms with E-state index in [-0.39, 0.29) is 27.9 Å². The number of nitrogens with zero attached hydrogens (tertiary/aromatic N) is 3. The number of carbonyl (C=O) groups excluding carboxylic acids is 1. The normalized spacial score (nSPS) is 11.6. The van der Waals surface area contributed by atoms with Crippen molar-refractivity contribution in [2.75, 3.05) is 0 Å². The summed E-state index contributed by atoms with van der Waals surface area (Å²) < 4.78 is 0. The Morgan fingerprint density at radius 2 is 1.17 bits per heavy atom. The Hall–Kier alpha value is -6.03. The van der Waals surface area contributed by atoms with Crippen molar-refractivity contribution in [2.24, 2.45) is 0 Å². The van der Waals surface area contributed by atoms with Gasteiger partial charge < -0.3 is 0 Å². The summed E-state index contributed by atoms with van der Waals surface area (Å²) in [6, 6.07) is 29.3. The summed E-state index contributed by atoms with van der Waals surface area (Å²) in [4.78, 5) is 42.8. The molecule has 1 aliphatic rings. The van der Waals surface area contributed by atoms with Gasteiger partial charge in [-0.05, 0) is 57.4 Å². The predicted molar refractivity (Wildman–Crippen MR) is 159 cm³/mol. The second-order valence-corrected chi connectivity index (χ2v) is 9.93. The first-order valence-corrected chi connectivity index (χ1v) is 12.7. The fourth-order valence-electron chi connectivity index (χ4n) is 5.39. The monoisotopic (exact) mass is 557 g/mol. The molecule has 0 aliphatic heterocycles. The minimum Gasteiger partial charge on any atom is -0.289 e. The van der Waals surface area contributed by atoms with Gasteiger partial charge in [0.2, 0.25) is 0 Å². The maximum absolute atomic E-state index is 12.3. The van der Waals surface area contributed by atoms with Crippen molar-refractivity contribution >= 4 is 55.2 Å². The summed E-state index contributed by atoms with van der Waals surface area (Å²) in [5.41, 5.74) is -0.414. The van der Waals surface area contributed by atoms with Crippen LogP contribution in [0.1, 0.15) is 21.5 Å². The summed E-state index contributed by atoms with van der Waals surface area (Å²) >= 11 is 0. The molecule has 0 aromatic heterocycles. The van der Waals surface area contributed by atoms with Crippen molar-refractivity contribution in [3.05, 3.63) is 144 Å². The summed E-state index contributed by atoms with van der Waals surface area (Å²) in [6.45, 7) is 2.14. The van der Waals surface area contributed by atoms with Crippen LogP contribution in [0.3, 0.4) is 0 Å². The van der Waals surface area contributed by atoms with Crippen molar-refractivity contribution in [1.82, 2.24) is 0 Å². The smallest absolute Gasteiger partial charge is 0.284 e. The molecule has 0 spiro atoms. The first-order chi connectivity index (χ1) is 20.1. The van der Waals surface area contributed by atoms with Gasteiger partial charge in [-0.2, -0.15) is 0 Å². The van der Waals surface area contributed by atoms with Gasteiger partial charge in [0.25, 0.3) is 17.1 Å². The third-order valence-corrected chi connectivity index (χ3v) is 7.34. The van der Waals surface area contributed by atoms with Gasteiger partial charge in [0.15, 0.2) is 5.78 Å². The average molecular weight is 558 g/mol. The third kappa shape index (κ3) is 4.37. The standard InChI is InChI=1S/C19H14.C13H5N3O7/c1-13-6-9-18-16(10-13)7-8-17-11-14-4-2-3-5-15(14)12-19(17)18;17-13-9-3-6(14(18)19)1-2-8(9)12-10(13)4-7(15(20)21)5-11(12)16(22)23/h2-12H,1H3;1-5H. The number of nitro benzene ring substituents is 3. The van der Waals surface area contributed by atoms with Crippen LogP contribution in [0, 0.1) is 37.3 Å². The molecule has 0 fully saturated rings. The second kappa shape index (κ2) is 9.86. The van der Waals surface area contributed by atoms with Gasteiger partial charge in [-0.15, -0.1) is 0 Å². The first kappa shape index (κ1) is 26.2. The summed E-state index contributed by atoms with van der Waals surface area (Å²) in [6.07, 6.45) is 0. The number of hydrogen-bond donors (Lipinski definition) is 0. The maximum Gasteiger partial charge on any atom is 0.284 e. The first-order valence-electron chi connectivity index (χ1n) is 12.7. The molecule has 7 rings (SSSR count). The molecule has 0 saturated carbocycles. The molecule has 10 nitrogen and oxygen atoms in total. The van der Waals surface area contributed by atoms with E-state index in [1.165, 1.54) is 43.9 Å². The molecule has 0 bridgehead atoms. The third-order valence-electron chi connectivity index (χ3n) is 7.34. The van der Waals surface area contributed by atoms with Gasteiger partial charge in [-0.1, -0.05) is 60.2 Å². The number of ketones is 1. The molecule has 6 aromatic rings. The quantitative estimate of drug-likeness (QED) is 0.0923. The molecule has 10 heteroatoms. The van der Waals surface area contributed by atoms with Crippen LogP contribution in [0.15, 0.2) is 97.1 Å². The number of nitro groups is 3. The van der Waals surface area contributed by atoms with Gasteiger partial charge in [0, 0.05) is 34.9 Å². The molecular weight excluding hydrogens is 538 g/mol. The zero-order valence-electron chi connectivity index (χ0n) is 21.9. The fraction of sp³-hybridized carbons (Fsp3) is 0.0312. The Kier molecular flexibility index (Phi) is 6.15. The largest absolute Gasteiger partial charge is 0.289 e. The van der Waals surface area contributed by atoms with E-state index < -0.39 is 31.9 Å². The van der Waals surface area contributed by atoms with Crippen molar-refractivity contribution in [3.63, 3.8) is 0 Å². The fourth-order valence-corrected chi connectivity index (χ4v) is 5.39. The molecule has 204 valence electrons. The molecule has 42 heavy (non-hydrogen) atoms. The van der Waals surface area contributed by atoms with E-state index in [9.17, 15) is 35.1 Å². The lowest BCUT2D eigenvalue weighted by molar-refractivity contribution is -0.393. The van der Waals surface area contributed by atoms with Gasteiger partial charge >= 0.3 is 0 Å². The van der Waals surface area contributed by atoms with E-state index >= 15 is 0 Å². The molecule has 0 unspecified atom stereocenters. The molecule has 1 aliphatic carbocycles. The molecule has 0 heterocycles. The van der Waals surface area contributed by atoms with E-state index in [4.69, 9.17) is 0 Å². The molecule has 0 N–H and O–H groups in total. The zero-order valence-corrected chi connectivity index (χ0v) is 21.9. The Morgan fingerprint density at radius 3 is 1.83 bits per heavy atom. The van der Waals surface area contributed by atoms with E-state index in [2.05, 4.69) is 73.7 Å².